The highest BCUT2D eigenvalue weighted by Crippen LogP contribution is 2.25. The fourth-order valence-electron chi connectivity index (χ4n) is 3.52. The number of carbonyl (C=O) groups is 1. The molecule has 0 aliphatic heterocycles. The smallest absolute Gasteiger partial charge is 0.251 e. The number of aromatic amines is 1. The van der Waals surface area contributed by atoms with Crippen molar-refractivity contribution >= 4 is 16.9 Å². The standard InChI is InChI=1S/C23H30N4O/c1-5-27(6-2)14-8-13-24-23(28)18-11-12-19(17(4)15-18)22-25-20-10-7-9-16(3)21(20)26-22/h7,9-12,15H,5-6,8,13-14H2,1-4H3,(H,24,28)(H,25,26). The number of H-pyrrole nitrogens is 1. The predicted molar refractivity (Wildman–Crippen MR) is 116 cm³/mol. The molecule has 0 saturated heterocycles. The number of benzene rings is 2. The van der Waals surface area contributed by atoms with Crippen LogP contribution in [-0.4, -0.2) is 47.0 Å². The normalized spacial score (nSPS) is 11.3. The van der Waals surface area contributed by atoms with Crippen LogP contribution in [0, 0.1) is 13.8 Å². The third-order valence-electron chi connectivity index (χ3n) is 5.29. The minimum absolute atomic E-state index is 0.0188. The SMILES string of the molecule is CCN(CC)CCCNC(=O)c1ccc(-c2nc3c(C)cccc3[nH]2)c(C)c1. The van der Waals surface area contributed by atoms with Gasteiger partial charge in [0.15, 0.2) is 0 Å². The number of nitrogens with zero attached hydrogens (tertiary/aromatic N) is 2. The molecule has 5 nitrogen and oxygen atoms in total. The van der Waals surface area contributed by atoms with E-state index in [1.807, 2.05) is 37.3 Å². The van der Waals surface area contributed by atoms with Crippen molar-refractivity contribution in [3.05, 3.63) is 53.1 Å². The molecule has 28 heavy (non-hydrogen) atoms. The molecule has 3 rings (SSSR count). The second kappa shape index (κ2) is 9.02. The van der Waals surface area contributed by atoms with E-state index < -0.39 is 0 Å². The summed E-state index contributed by atoms with van der Waals surface area (Å²) in [5, 5.41) is 3.03. The van der Waals surface area contributed by atoms with Crippen molar-refractivity contribution in [1.82, 2.24) is 20.2 Å². The largest absolute Gasteiger partial charge is 0.352 e. The number of para-hydroxylation sites is 1. The zero-order valence-corrected chi connectivity index (χ0v) is 17.3. The maximum absolute atomic E-state index is 12.5. The Morgan fingerprint density at radius 1 is 1.11 bits per heavy atom. The number of nitrogens with one attached hydrogen (secondary N) is 2. The number of hydrogen-bond donors (Lipinski definition) is 2. The zero-order chi connectivity index (χ0) is 20.1. The Morgan fingerprint density at radius 3 is 2.57 bits per heavy atom. The molecule has 2 N–H and O–H groups in total. The van der Waals surface area contributed by atoms with Crippen molar-refractivity contribution in [3.8, 4) is 11.4 Å². The number of rotatable bonds is 8. The molecule has 0 aliphatic rings. The lowest BCUT2D eigenvalue weighted by Crippen LogP contribution is -2.29. The molecule has 0 atom stereocenters. The van der Waals surface area contributed by atoms with Crippen LogP contribution in [-0.2, 0) is 0 Å². The molecule has 0 bridgehead atoms. The van der Waals surface area contributed by atoms with Gasteiger partial charge in [0.1, 0.15) is 5.82 Å². The van der Waals surface area contributed by atoms with Crippen LogP contribution in [0.25, 0.3) is 22.4 Å². The van der Waals surface area contributed by atoms with Gasteiger partial charge in [0, 0.05) is 17.7 Å². The Morgan fingerprint density at radius 2 is 1.89 bits per heavy atom. The fraction of sp³-hybridized carbons (Fsp3) is 0.391. The van der Waals surface area contributed by atoms with Gasteiger partial charge in [-0.3, -0.25) is 4.79 Å². The average molecular weight is 379 g/mol. The monoisotopic (exact) mass is 378 g/mol. The van der Waals surface area contributed by atoms with E-state index >= 15 is 0 Å². The van der Waals surface area contributed by atoms with Crippen LogP contribution in [0.2, 0.25) is 0 Å². The van der Waals surface area contributed by atoms with Gasteiger partial charge in [0.2, 0.25) is 0 Å². The van der Waals surface area contributed by atoms with Crippen molar-refractivity contribution in [2.45, 2.75) is 34.1 Å². The van der Waals surface area contributed by atoms with Crippen LogP contribution in [0.1, 0.15) is 41.8 Å². The minimum Gasteiger partial charge on any atom is -0.352 e. The molecular formula is C23H30N4O. The van der Waals surface area contributed by atoms with E-state index in [1.54, 1.807) is 0 Å². The molecule has 5 heteroatoms. The van der Waals surface area contributed by atoms with Gasteiger partial charge in [-0.15, -0.1) is 0 Å². The van der Waals surface area contributed by atoms with E-state index in [0.29, 0.717) is 12.1 Å². The van der Waals surface area contributed by atoms with Crippen molar-refractivity contribution in [3.63, 3.8) is 0 Å². The van der Waals surface area contributed by atoms with Crippen molar-refractivity contribution in [2.24, 2.45) is 0 Å². The van der Waals surface area contributed by atoms with Gasteiger partial charge < -0.3 is 15.2 Å². The molecule has 2 aromatic carbocycles. The number of aryl methyl sites for hydroxylation is 2. The third kappa shape index (κ3) is 4.42. The van der Waals surface area contributed by atoms with E-state index in [0.717, 1.165) is 59.6 Å². The maximum Gasteiger partial charge on any atom is 0.251 e. The van der Waals surface area contributed by atoms with Crippen LogP contribution in [0.15, 0.2) is 36.4 Å². The Kier molecular flexibility index (Phi) is 6.47. The van der Waals surface area contributed by atoms with Crippen molar-refractivity contribution in [1.29, 1.82) is 0 Å². The lowest BCUT2D eigenvalue weighted by atomic mass is 10.0. The molecule has 0 fully saturated rings. The summed E-state index contributed by atoms with van der Waals surface area (Å²) in [5.74, 6) is 0.822. The van der Waals surface area contributed by atoms with E-state index in [1.165, 1.54) is 0 Å². The first-order chi connectivity index (χ1) is 13.5. The highest BCUT2D eigenvalue weighted by Gasteiger charge is 2.12. The summed E-state index contributed by atoms with van der Waals surface area (Å²) in [6.45, 7) is 12.2. The Balaban J connectivity index is 1.68. The van der Waals surface area contributed by atoms with E-state index in [4.69, 9.17) is 4.98 Å². The molecule has 148 valence electrons. The molecule has 3 aromatic rings. The van der Waals surface area contributed by atoms with Gasteiger partial charge in [0.05, 0.1) is 11.0 Å². The van der Waals surface area contributed by atoms with Crippen LogP contribution in [0.5, 0.6) is 0 Å². The van der Waals surface area contributed by atoms with Gasteiger partial charge in [-0.25, -0.2) is 4.98 Å². The second-order valence-electron chi connectivity index (χ2n) is 7.22. The van der Waals surface area contributed by atoms with Crippen molar-refractivity contribution in [2.75, 3.05) is 26.2 Å². The summed E-state index contributed by atoms with van der Waals surface area (Å²) in [7, 11) is 0. The van der Waals surface area contributed by atoms with E-state index in [9.17, 15) is 4.79 Å². The maximum atomic E-state index is 12.5. The first kappa shape index (κ1) is 20.1. The lowest BCUT2D eigenvalue weighted by molar-refractivity contribution is 0.0951. The number of fused-ring (bicyclic) bond motifs is 1. The first-order valence-corrected chi connectivity index (χ1v) is 10.1. The van der Waals surface area contributed by atoms with E-state index in [-0.39, 0.29) is 5.91 Å². The topological polar surface area (TPSA) is 61.0 Å². The van der Waals surface area contributed by atoms with Crippen LogP contribution in [0.3, 0.4) is 0 Å². The highest BCUT2D eigenvalue weighted by molar-refractivity contribution is 5.95. The lowest BCUT2D eigenvalue weighted by Gasteiger charge is -2.17. The number of hydrogen-bond acceptors (Lipinski definition) is 3. The summed E-state index contributed by atoms with van der Waals surface area (Å²) in [6.07, 6.45) is 0.961. The minimum atomic E-state index is -0.0188. The Bertz CT molecular complexity index is 956. The van der Waals surface area contributed by atoms with Gasteiger partial charge in [-0.2, -0.15) is 0 Å². The summed E-state index contributed by atoms with van der Waals surface area (Å²) in [4.78, 5) is 23.0. The van der Waals surface area contributed by atoms with Gasteiger partial charge >= 0.3 is 0 Å². The van der Waals surface area contributed by atoms with Gasteiger partial charge in [0.25, 0.3) is 5.91 Å². The summed E-state index contributed by atoms with van der Waals surface area (Å²) < 4.78 is 0. The molecule has 1 aromatic heterocycles. The van der Waals surface area contributed by atoms with Crippen LogP contribution in [0.4, 0.5) is 0 Å². The molecule has 1 amide bonds. The van der Waals surface area contributed by atoms with E-state index in [2.05, 4.69) is 42.0 Å². The number of carbonyl (C=O) groups excluding carboxylic acids is 1. The second-order valence-corrected chi connectivity index (χ2v) is 7.22. The Hall–Kier alpha value is -2.66. The number of amides is 1. The average Bonchev–Trinajstić information content (AvgIpc) is 3.13. The molecule has 0 saturated carbocycles. The zero-order valence-electron chi connectivity index (χ0n) is 17.3. The van der Waals surface area contributed by atoms with Crippen molar-refractivity contribution < 1.29 is 4.79 Å². The fourth-order valence-corrected chi connectivity index (χ4v) is 3.52. The molecule has 0 radical (unpaired) electrons. The quantitative estimate of drug-likeness (QED) is 0.574. The predicted octanol–water partition coefficient (Wildman–Crippen LogP) is 4.31. The Labute approximate surface area is 167 Å². The molecule has 0 unspecified atom stereocenters. The number of imidazole rings is 1. The van der Waals surface area contributed by atoms with Crippen LogP contribution >= 0.6 is 0 Å². The van der Waals surface area contributed by atoms with Gasteiger partial charge in [-0.05, 0) is 69.2 Å². The third-order valence-corrected chi connectivity index (χ3v) is 5.29. The summed E-state index contributed by atoms with van der Waals surface area (Å²) in [5.41, 5.74) is 5.92. The molecular weight excluding hydrogens is 348 g/mol. The summed E-state index contributed by atoms with van der Waals surface area (Å²) >= 11 is 0. The molecule has 0 spiro atoms. The number of aromatic nitrogens is 2. The van der Waals surface area contributed by atoms with Crippen LogP contribution < -0.4 is 5.32 Å². The van der Waals surface area contributed by atoms with Gasteiger partial charge in [-0.1, -0.05) is 32.0 Å². The first-order valence-electron chi connectivity index (χ1n) is 10.1. The molecule has 0 aliphatic carbocycles. The summed E-state index contributed by atoms with van der Waals surface area (Å²) in [6, 6.07) is 11.9. The molecule has 1 heterocycles. The highest BCUT2D eigenvalue weighted by atomic mass is 16.1.